The maximum absolute atomic E-state index is 15.2. The molecule has 0 spiro atoms. The third-order valence-electron chi connectivity index (χ3n) is 12.3. The van der Waals surface area contributed by atoms with Gasteiger partial charge >= 0.3 is 6.01 Å². The number of unbranched alkanes of at least 4 members (excludes halogenated alkanes) is 3. The van der Waals surface area contributed by atoms with E-state index in [-0.39, 0.29) is 29.0 Å². The largest absolute Gasteiger partial charge is 0.508 e. The van der Waals surface area contributed by atoms with Crippen LogP contribution in [0.1, 0.15) is 98.2 Å². The maximum Gasteiger partial charge on any atom is 0.318 e. The van der Waals surface area contributed by atoms with Crippen molar-refractivity contribution in [2.75, 3.05) is 56.2 Å². The number of phenolic OH excluding ortho intramolecular Hbond substituents is 1. The Hall–Kier alpha value is -4.52. The van der Waals surface area contributed by atoms with Crippen molar-refractivity contribution in [3.63, 3.8) is 0 Å². The predicted octanol–water partition coefficient (Wildman–Crippen LogP) is 6.81. The third kappa shape index (κ3) is 7.32. The Morgan fingerprint density at radius 2 is 1.91 bits per heavy atom. The molecule has 1 N–H and O–H groups in total. The molecule has 0 radical (unpaired) electrons. The van der Waals surface area contributed by atoms with E-state index in [0.29, 0.717) is 76.4 Å². The quantitative estimate of drug-likeness (QED) is 0.156. The van der Waals surface area contributed by atoms with Crippen LogP contribution in [0.4, 0.5) is 20.3 Å². The standard InChI is InChI=1S/C42H54F2N8O3/c1-4-6-7-8-15-48(3)40(54)35-21-30-25-50(16-10-18-52(30)47-35)39-33-13-19-49(37-22-31(53)20-28-11-12-34(44)32(5-2)38(28)37)26-36(33)45-41(46-39)55-27-42-14-9-17-51(42)24-29(43)23-42/h11-12,20-22,29,53H,4-10,13-19,23-27H2,1-3H3/t29-,42+/m1/s1. The lowest BCUT2D eigenvalue weighted by molar-refractivity contribution is 0.0785. The number of fused-ring (bicyclic) bond motifs is 4. The number of anilines is 2. The number of hydrogen-bond donors (Lipinski definition) is 1. The van der Waals surface area contributed by atoms with Gasteiger partial charge in [0.25, 0.3) is 5.91 Å². The van der Waals surface area contributed by atoms with E-state index in [4.69, 9.17) is 19.8 Å². The summed E-state index contributed by atoms with van der Waals surface area (Å²) in [5.74, 6) is 0.601. The average Bonchev–Trinajstić information content (AvgIpc) is 3.81. The highest BCUT2D eigenvalue weighted by atomic mass is 19.1. The molecule has 2 aromatic heterocycles. The molecule has 1 amide bonds. The normalized spacial score (nSPS) is 21.1. The lowest BCUT2D eigenvalue weighted by Crippen LogP contribution is -2.43. The molecule has 6 heterocycles. The van der Waals surface area contributed by atoms with E-state index < -0.39 is 6.17 Å². The van der Waals surface area contributed by atoms with Gasteiger partial charge in [-0.3, -0.25) is 14.4 Å². The molecule has 0 bridgehead atoms. The molecule has 2 saturated heterocycles. The smallest absolute Gasteiger partial charge is 0.318 e. The first-order chi connectivity index (χ1) is 26.7. The minimum Gasteiger partial charge on any atom is -0.508 e. The van der Waals surface area contributed by atoms with Crippen LogP contribution in [0.2, 0.25) is 0 Å². The number of phenols is 1. The number of alkyl halides is 1. The lowest BCUT2D eigenvalue weighted by atomic mass is 9.95. The first-order valence-electron chi connectivity index (χ1n) is 20.3. The van der Waals surface area contributed by atoms with E-state index >= 15 is 4.39 Å². The molecule has 2 aromatic carbocycles. The number of amides is 1. The molecule has 11 nitrogen and oxygen atoms in total. The van der Waals surface area contributed by atoms with Gasteiger partial charge in [0.05, 0.1) is 30.0 Å². The van der Waals surface area contributed by atoms with E-state index in [9.17, 15) is 14.3 Å². The molecular formula is C42H54F2N8O3. The summed E-state index contributed by atoms with van der Waals surface area (Å²) in [6, 6.07) is 8.80. The molecule has 0 aliphatic carbocycles. The summed E-state index contributed by atoms with van der Waals surface area (Å²) < 4.78 is 38.3. The highest BCUT2D eigenvalue weighted by Gasteiger charge is 2.49. The number of aromatic nitrogens is 4. The first-order valence-corrected chi connectivity index (χ1v) is 20.3. The zero-order valence-corrected chi connectivity index (χ0v) is 32.5. The number of carbonyl (C=O) groups is 1. The van der Waals surface area contributed by atoms with Crippen LogP contribution in [0.5, 0.6) is 11.8 Å². The van der Waals surface area contributed by atoms with Crippen LogP contribution >= 0.6 is 0 Å². The Balaban J connectivity index is 1.12. The Bertz CT molecular complexity index is 2060. The number of nitrogens with zero attached hydrogens (tertiary/aromatic N) is 8. The number of aromatic hydroxyl groups is 1. The van der Waals surface area contributed by atoms with Gasteiger partial charge in [-0.05, 0) is 74.2 Å². The summed E-state index contributed by atoms with van der Waals surface area (Å²) in [6.07, 6.45) is 7.83. The van der Waals surface area contributed by atoms with Gasteiger partial charge in [0, 0.05) is 68.9 Å². The van der Waals surface area contributed by atoms with Gasteiger partial charge in [-0.25, -0.2) is 8.78 Å². The van der Waals surface area contributed by atoms with Gasteiger partial charge in [0.2, 0.25) is 0 Å². The van der Waals surface area contributed by atoms with Crippen molar-refractivity contribution in [2.24, 2.45) is 0 Å². The second-order valence-electron chi connectivity index (χ2n) is 16.0. The maximum atomic E-state index is 15.2. The van der Waals surface area contributed by atoms with Crippen LogP contribution < -0.4 is 14.5 Å². The van der Waals surface area contributed by atoms with Gasteiger partial charge < -0.3 is 24.5 Å². The number of carbonyl (C=O) groups excluding carboxylic acids is 1. The number of ether oxygens (including phenoxy) is 1. The number of rotatable bonds is 12. The van der Waals surface area contributed by atoms with Crippen LogP contribution in [0.25, 0.3) is 10.8 Å². The second kappa shape index (κ2) is 15.5. The summed E-state index contributed by atoms with van der Waals surface area (Å²) in [4.78, 5) is 32.0. The molecule has 4 aromatic rings. The van der Waals surface area contributed by atoms with Gasteiger partial charge in [0.1, 0.15) is 30.2 Å². The van der Waals surface area contributed by atoms with Gasteiger partial charge in [-0.2, -0.15) is 15.1 Å². The van der Waals surface area contributed by atoms with Gasteiger partial charge in [0.15, 0.2) is 5.69 Å². The second-order valence-corrected chi connectivity index (χ2v) is 16.0. The summed E-state index contributed by atoms with van der Waals surface area (Å²) in [6.45, 7) is 9.43. The molecule has 294 valence electrons. The zero-order valence-electron chi connectivity index (χ0n) is 32.5. The van der Waals surface area contributed by atoms with E-state index in [2.05, 4.69) is 21.6 Å². The lowest BCUT2D eigenvalue weighted by Gasteiger charge is -2.35. The van der Waals surface area contributed by atoms with Gasteiger partial charge in [-0.15, -0.1) is 0 Å². The van der Waals surface area contributed by atoms with Crippen LogP contribution in [0, 0.1) is 5.82 Å². The Kier molecular flexibility index (Phi) is 10.6. The number of aryl methyl sites for hydroxylation is 2. The summed E-state index contributed by atoms with van der Waals surface area (Å²) >= 11 is 0. The van der Waals surface area contributed by atoms with E-state index in [1.165, 1.54) is 6.07 Å². The van der Waals surface area contributed by atoms with Crippen molar-refractivity contribution in [1.29, 1.82) is 0 Å². The van der Waals surface area contributed by atoms with Crippen molar-refractivity contribution in [1.82, 2.24) is 29.5 Å². The monoisotopic (exact) mass is 756 g/mol. The molecule has 4 aliphatic heterocycles. The van der Waals surface area contributed by atoms with Crippen molar-refractivity contribution in [3.05, 3.63) is 64.4 Å². The van der Waals surface area contributed by atoms with Crippen molar-refractivity contribution >= 4 is 28.2 Å². The zero-order chi connectivity index (χ0) is 38.3. The fraction of sp³-hybridized carbons (Fsp3) is 0.571. The minimum absolute atomic E-state index is 0.0628. The van der Waals surface area contributed by atoms with Crippen LogP contribution in [-0.2, 0) is 32.5 Å². The van der Waals surface area contributed by atoms with Crippen molar-refractivity contribution in [3.8, 4) is 11.8 Å². The van der Waals surface area contributed by atoms with E-state index in [1.54, 1.807) is 23.1 Å². The number of benzene rings is 2. The highest BCUT2D eigenvalue weighted by Crippen LogP contribution is 2.42. The molecule has 2 fully saturated rings. The van der Waals surface area contributed by atoms with Crippen LogP contribution in [-0.4, -0.2) is 98.7 Å². The van der Waals surface area contributed by atoms with Crippen molar-refractivity contribution < 1.29 is 23.4 Å². The summed E-state index contributed by atoms with van der Waals surface area (Å²) in [7, 11) is 1.85. The van der Waals surface area contributed by atoms with Crippen molar-refractivity contribution in [2.45, 2.75) is 109 Å². The molecular weight excluding hydrogens is 703 g/mol. The number of hydrogen-bond acceptors (Lipinski definition) is 9. The van der Waals surface area contributed by atoms with E-state index in [0.717, 1.165) is 97.3 Å². The van der Waals surface area contributed by atoms with Crippen LogP contribution in [0.15, 0.2) is 30.3 Å². The summed E-state index contributed by atoms with van der Waals surface area (Å²) in [5, 5.41) is 17.1. The fourth-order valence-electron chi connectivity index (χ4n) is 9.46. The summed E-state index contributed by atoms with van der Waals surface area (Å²) in [5.41, 5.74) is 4.29. The topological polar surface area (TPSA) is 103 Å². The predicted molar refractivity (Wildman–Crippen MR) is 209 cm³/mol. The molecule has 0 unspecified atom stereocenters. The molecule has 55 heavy (non-hydrogen) atoms. The van der Waals surface area contributed by atoms with E-state index in [1.807, 2.05) is 24.7 Å². The van der Waals surface area contributed by atoms with Gasteiger partial charge in [-0.1, -0.05) is 39.2 Å². The molecule has 8 rings (SSSR count). The Morgan fingerprint density at radius 3 is 2.75 bits per heavy atom. The molecule has 13 heteroatoms. The fourth-order valence-corrected chi connectivity index (χ4v) is 9.46. The first kappa shape index (κ1) is 37.4. The third-order valence-corrected chi connectivity index (χ3v) is 12.3. The number of halogens is 2. The van der Waals surface area contributed by atoms with Crippen LogP contribution in [0.3, 0.4) is 0 Å². The highest BCUT2D eigenvalue weighted by molar-refractivity contribution is 5.98. The molecule has 0 saturated carbocycles. The SMILES string of the molecule is CCCCCCN(C)C(=O)c1cc2n(n1)CCCN(c1nc(OC[C@@]34CCCN3C[C@H](F)C4)nc3c1CCN(c1cc(O)cc4ccc(F)c(CC)c14)C3)C2. The average molecular weight is 757 g/mol. The Labute approximate surface area is 322 Å². The molecule has 4 aliphatic rings. The Morgan fingerprint density at radius 1 is 1.04 bits per heavy atom. The molecule has 2 atom stereocenters. The minimum atomic E-state index is -0.869.